The van der Waals surface area contributed by atoms with E-state index in [1.165, 1.54) is 18.9 Å². The van der Waals surface area contributed by atoms with Crippen molar-refractivity contribution in [1.82, 2.24) is 0 Å². The number of esters is 1. The van der Waals surface area contributed by atoms with Gasteiger partial charge in [-0.1, -0.05) is 0 Å². The summed E-state index contributed by atoms with van der Waals surface area (Å²) in [6.07, 6.45) is -0.269. The first kappa shape index (κ1) is 134. The van der Waals surface area contributed by atoms with Gasteiger partial charge in [-0.05, 0) is 0 Å². The molecule has 0 heterocycles. The topological polar surface area (TPSA) is 434 Å². The molecule has 816 valence electrons. The van der Waals surface area contributed by atoms with Crippen LogP contribution < -0.4 is 0 Å². The molecule has 0 radical (unpaired) electrons. The van der Waals surface area contributed by atoms with Crippen molar-refractivity contribution in [1.29, 1.82) is 0 Å². The second-order valence-electron chi connectivity index (χ2n) is 27.6. The van der Waals surface area contributed by atoms with Crippen molar-refractivity contribution >= 4 is 17.7 Å². The molecular weight excluding hydrogens is 1830 g/mol. The van der Waals surface area contributed by atoms with E-state index in [0.29, 0.717) is 560 Å². The predicted molar refractivity (Wildman–Crippen MR) is 495 cm³/mol. The number of hydrogen-bond acceptors (Lipinski definition) is 46. The molecule has 1 atom stereocenters. The predicted octanol–water partition coefficient (Wildman–Crippen LogP) is 0.971. The average Bonchev–Trinajstić information content (AvgIpc) is 1.03. The summed E-state index contributed by atoms with van der Waals surface area (Å²) in [5.74, 6) is 0.840. The Morgan fingerprint density at radius 1 is 0.162 bits per heavy atom. The first-order valence-corrected chi connectivity index (χ1v) is 49.3. The molecule has 136 heavy (non-hydrogen) atoms. The first-order chi connectivity index (χ1) is 67.7. The highest BCUT2D eigenvalue weighted by atomic mass is 32.2. The first-order valence-electron chi connectivity index (χ1n) is 48.2. The van der Waals surface area contributed by atoms with Crippen LogP contribution in [0.2, 0.25) is 0 Å². The molecule has 0 rings (SSSR count). The summed E-state index contributed by atoms with van der Waals surface area (Å²) in [4.78, 5) is 11.1. The van der Waals surface area contributed by atoms with Gasteiger partial charge in [0.25, 0.3) is 0 Å². The second-order valence-corrected chi connectivity index (χ2v) is 28.8. The number of methoxy groups -OCH3 is 2. The summed E-state index contributed by atoms with van der Waals surface area (Å²) in [7, 11) is 3.00. The third-order valence-electron chi connectivity index (χ3n) is 16.6. The number of rotatable bonds is 130. The van der Waals surface area contributed by atoms with Gasteiger partial charge >= 0.3 is 5.97 Å². The number of carbonyl (C=O) groups excluding carboxylic acids is 1. The van der Waals surface area contributed by atoms with Crippen LogP contribution in [0.4, 0.5) is 0 Å². The van der Waals surface area contributed by atoms with E-state index in [2.05, 4.69) is 4.74 Å². The van der Waals surface area contributed by atoms with E-state index in [9.17, 15) is 9.90 Å². The highest BCUT2D eigenvalue weighted by Crippen LogP contribution is 2.07. The lowest BCUT2D eigenvalue weighted by Gasteiger charge is -2.11. The fourth-order valence-electron chi connectivity index (χ4n) is 9.68. The zero-order valence-electron chi connectivity index (χ0n) is 82.7. The van der Waals surface area contributed by atoms with E-state index in [1.807, 2.05) is 0 Å². The van der Waals surface area contributed by atoms with Crippen LogP contribution in [0, 0.1) is 0 Å². The Morgan fingerprint density at radius 3 is 0.353 bits per heavy atom. The highest BCUT2D eigenvalue weighted by molar-refractivity contribution is 7.99. The van der Waals surface area contributed by atoms with Gasteiger partial charge in [-0.3, -0.25) is 4.79 Å². The minimum Gasteiger partial charge on any atom is -0.469 e. The monoisotopic (exact) mass is 2010 g/mol. The molecular formula is C90H180O45S. The Kier molecular flexibility index (Phi) is 127. The van der Waals surface area contributed by atoms with Crippen molar-refractivity contribution < 1.29 is 214 Å². The minimum absolute atomic E-state index is 0.218. The third-order valence-corrected chi connectivity index (χ3v) is 17.7. The van der Waals surface area contributed by atoms with E-state index < -0.39 is 6.10 Å². The minimum atomic E-state index is -0.594. The molecule has 0 aromatic heterocycles. The molecule has 0 aliphatic carbocycles. The van der Waals surface area contributed by atoms with Gasteiger partial charge in [0.1, 0.15) is 0 Å². The van der Waals surface area contributed by atoms with Gasteiger partial charge in [0.05, 0.1) is 568 Å². The Bertz CT molecular complexity index is 1980. The Balaban J connectivity index is 3.11. The number of aliphatic hydroxyl groups excluding tert-OH is 1. The number of thioether (sulfide) groups is 1. The smallest absolute Gasteiger partial charge is 0.306 e. The zero-order chi connectivity index (χ0) is 97.1. The fourth-order valence-corrected chi connectivity index (χ4v) is 10.5. The van der Waals surface area contributed by atoms with Crippen LogP contribution in [0.15, 0.2) is 0 Å². The van der Waals surface area contributed by atoms with Gasteiger partial charge in [-0.2, -0.15) is 11.8 Å². The molecule has 46 heteroatoms. The standard InChI is InChI=1S/C90H180O45S/c1-93-4-5-95-6-7-96-8-9-97-10-11-98-12-13-99-14-15-100-16-17-101-18-19-102-20-21-103-22-23-104-24-25-105-26-27-106-28-29-107-30-31-108-32-33-109-34-35-110-36-37-111-38-39-112-40-41-113-42-43-114-44-45-115-46-47-116-48-49-117-50-51-118-52-53-119-54-55-120-56-57-121-58-59-122-60-61-123-62-63-124-64-65-125-66-67-126-68-69-127-70-71-128-72-73-129-74-75-130-76-77-131-78-79-132-80-81-133-82-83-134-84-85-135-87-89(91)88-136-86-3-90(92)94-2/h89,91H,3-88H2,1-2H3. The van der Waals surface area contributed by atoms with Crippen LogP contribution in [0.1, 0.15) is 6.42 Å². The molecule has 0 aliphatic heterocycles. The maximum absolute atomic E-state index is 11.1. The van der Waals surface area contributed by atoms with E-state index in [1.54, 1.807) is 7.11 Å². The van der Waals surface area contributed by atoms with Crippen LogP contribution in [-0.2, 0) is 208 Å². The maximum atomic E-state index is 11.1. The van der Waals surface area contributed by atoms with Gasteiger partial charge in [0.15, 0.2) is 0 Å². The van der Waals surface area contributed by atoms with Gasteiger partial charge in [-0.15, -0.1) is 0 Å². The average molecular weight is 2010 g/mol. The summed E-state index contributed by atoms with van der Waals surface area (Å²) in [5.41, 5.74) is 0. The van der Waals surface area contributed by atoms with Gasteiger partial charge in [0, 0.05) is 18.6 Å². The Labute approximate surface area is 814 Å². The van der Waals surface area contributed by atoms with E-state index in [-0.39, 0.29) is 12.6 Å². The van der Waals surface area contributed by atoms with Crippen molar-refractivity contribution in [3.8, 4) is 0 Å². The van der Waals surface area contributed by atoms with Crippen LogP contribution in [0.3, 0.4) is 0 Å². The van der Waals surface area contributed by atoms with Crippen molar-refractivity contribution in [3.05, 3.63) is 0 Å². The summed E-state index contributed by atoms with van der Waals surface area (Å²) in [6, 6.07) is 0. The van der Waals surface area contributed by atoms with Crippen LogP contribution in [0.25, 0.3) is 0 Å². The van der Waals surface area contributed by atoms with Gasteiger partial charge < -0.3 is 209 Å². The third kappa shape index (κ3) is 128. The molecule has 1 N–H and O–H groups in total. The van der Waals surface area contributed by atoms with Crippen molar-refractivity contribution in [2.75, 3.05) is 574 Å². The van der Waals surface area contributed by atoms with Crippen molar-refractivity contribution in [3.63, 3.8) is 0 Å². The lowest BCUT2D eigenvalue weighted by Crippen LogP contribution is -2.20. The largest absolute Gasteiger partial charge is 0.469 e. The molecule has 0 fully saturated rings. The molecule has 0 aliphatic rings. The quantitative estimate of drug-likeness (QED) is 0.0655. The molecule has 0 spiro atoms. The molecule has 0 bridgehead atoms. The number of aliphatic hydroxyl groups is 1. The Morgan fingerprint density at radius 2 is 0.257 bits per heavy atom. The van der Waals surface area contributed by atoms with Crippen molar-refractivity contribution in [2.45, 2.75) is 12.5 Å². The molecule has 45 nitrogen and oxygen atoms in total. The van der Waals surface area contributed by atoms with Crippen molar-refractivity contribution in [2.24, 2.45) is 0 Å². The molecule has 0 amide bonds. The zero-order valence-corrected chi connectivity index (χ0v) is 83.5. The lowest BCUT2D eigenvalue weighted by molar-refractivity contribution is -0.140. The molecule has 1 unspecified atom stereocenters. The van der Waals surface area contributed by atoms with Gasteiger partial charge in [-0.25, -0.2) is 0 Å². The maximum Gasteiger partial charge on any atom is 0.306 e. The van der Waals surface area contributed by atoms with Crippen LogP contribution in [-0.4, -0.2) is 591 Å². The fraction of sp³-hybridized carbons (Fsp3) is 0.989. The van der Waals surface area contributed by atoms with Crippen LogP contribution >= 0.6 is 11.8 Å². The summed E-state index contributed by atoms with van der Waals surface area (Å²) < 4.78 is 236. The Hall–Kier alpha value is -1.90. The molecule has 0 aromatic carbocycles. The van der Waals surface area contributed by atoms with Crippen LogP contribution in [0.5, 0.6) is 0 Å². The van der Waals surface area contributed by atoms with E-state index in [4.69, 9.17) is 199 Å². The lowest BCUT2D eigenvalue weighted by atomic mass is 10.4. The van der Waals surface area contributed by atoms with Gasteiger partial charge in [0.2, 0.25) is 0 Å². The highest BCUT2D eigenvalue weighted by Gasteiger charge is 2.09. The molecule has 0 aromatic rings. The summed E-state index contributed by atoms with van der Waals surface area (Å²) in [6.45, 7) is 39.4. The summed E-state index contributed by atoms with van der Waals surface area (Å²) >= 11 is 1.48. The molecule has 0 saturated heterocycles. The number of ether oxygens (including phenoxy) is 43. The normalized spacial score (nSPS) is 12.1. The SMILES string of the molecule is COCCOCCOCCOCCOCCOCCOCCOCCOCCOCCOCCOCCOCCOCCOCCOCCOCCOCCOCCOCCOCCOCCOCCOCCOCCOCCOCCOCCOCCOCCOCCOCCOCCOCCOCCOCCOCCOCCOCCOCCOCCOCC(O)CSCCC(=O)OC. The second kappa shape index (κ2) is 129. The summed E-state index contributed by atoms with van der Waals surface area (Å²) in [5, 5.41) is 9.90. The van der Waals surface area contributed by atoms with E-state index >= 15 is 0 Å². The molecule has 0 saturated carbocycles. The number of hydrogen-bond donors (Lipinski definition) is 1. The van der Waals surface area contributed by atoms with E-state index in [0.717, 1.165) is 0 Å². The number of carbonyl (C=O) groups is 1.